The largest absolute Gasteiger partial charge is 0.495 e. The highest BCUT2D eigenvalue weighted by Gasteiger charge is 2.33. The van der Waals surface area contributed by atoms with Crippen LogP contribution in [-0.4, -0.2) is 36.9 Å². The van der Waals surface area contributed by atoms with E-state index in [9.17, 15) is 18.4 Å². The van der Waals surface area contributed by atoms with Crippen molar-refractivity contribution in [3.63, 3.8) is 0 Å². The number of likely N-dealkylation sites (tertiary alicyclic amines) is 1. The summed E-state index contributed by atoms with van der Waals surface area (Å²) >= 11 is 0. The van der Waals surface area contributed by atoms with Gasteiger partial charge in [0, 0.05) is 37.7 Å². The molecule has 0 bridgehead atoms. The van der Waals surface area contributed by atoms with Gasteiger partial charge in [-0.1, -0.05) is 0 Å². The van der Waals surface area contributed by atoms with Crippen molar-refractivity contribution in [2.75, 3.05) is 19.5 Å². The van der Waals surface area contributed by atoms with Gasteiger partial charge >= 0.3 is 0 Å². The summed E-state index contributed by atoms with van der Waals surface area (Å²) in [6.45, 7) is 0. The van der Waals surface area contributed by atoms with Crippen LogP contribution in [0, 0.1) is 11.6 Å². The Bertz CT molecular complexity index is 868. The number of amides is 2. The number of likely N-dealkylation sites (N-methyl/N-ethyl adjacent to an activating group) is 1. The molecule has 2 amide bonds. The zero-order valence-corrected chi connectivity index (χ0v) is 14.8. The van der Waals surface area contributed by atoms with Crippen molar-refractivity contribution in [3.8, 4) is 17.2 Å². The average Bonchev–Trinajstić information content (AvgIpc) is 2.93. The van der Waals surface area contributed by atoms with Crippen LogP contribution in [0.3, 0.4) is 0 Å². The summed E-state index contributed by atoms with van der Waals surface area (Å²) in [5.74, 6) is -1.35. The summed E-state index contributed by atoms with van der Waals surface area (Å²) in [7, 11) is 3.02. The van der Waals surface area contributed by atoms with Crippen molar-refractivity contribution in [1.82, 2.24) is 4.90 Å². The molecule has 0 aliphatic carbocycles. The van der Waals surface area contributed by atoms with E-state index in [2.05, 4.69) is 5.32 Å². The van der Waals surface area contributed by atoms with Crippen molar-refractivity contribution < 1.29 is 27.8 Å². The molecule has 0 spiro atoms. The number of methoxy groups -OCH3 is 1. The van der Waals surface area contributed by atoms with Crippen LogP contribution < -0.4 is 14.8 Å². The Morgan fingerprint density at radius 2 is 1.85 bits per heavy atom. The number of ether oxygens (including phenoxy) is 2. The van der Waals surface area contributed by atoms with Gasteiger partial charge in [-0.3, -0.25) is 9.59 Å². The van der Waals surface area contributed by atoms with E-state index in [1.165, 1.54) is 18.1 Å². The first-order valence-electron chi connectivity index (χ1n) is 8.26. The normalized spacial score (nSPS) is 16.4. The van der Waals surface area contributed by atoms with E-state index in [1.54, 1.807) is 19.2 Å². The maximum atomic E-state index is 13.3. The molecular weight excluding hydrogens is 358 g/mol. The van der Waals surface area contributed by atoms with Crippen LogP contribution in [0.2, 0.25) is 0 Å². The number of anilines is 1. The molecule has 1 heterocycles. The van der Waals surface area contributed by atoms with Crippen molar-refractivity contribution in [3.05, 3.63) is 48.0 Å². The van der Waals surface area contributed by atoms with Crippen LogP contribution in [-0.2, 0) is 9.59 Å². The molecular formula is C19H18F2N2O4. The lowest BCUT2D eigenvalue weighted by Crippen LogP contribution is -2.38. The van der Waals surface area contributed by atoms with Crippen LogP contribution in [0.1, 0.15) is 12.8 Å². The molecule has 1 aliphatic heterocycles. The Labute approximate surface area is 154 Å². The van der Waals surface area contributed by atoms with Gasteiger partial charge in [-0.25, -0.2) is 8.78 Å². The number of halogens is 2. The molecule has 0 radical (unpaired) electrons. The predicted octanol–water partition coefficient (Wildman–Crippen LogP) is 3.33. The van der Waals surface area contributed by atoms with Crippen molar-refractivity contribution in [2.45, 2.75) is 18.9 Å². The van der Waals surface area contributed by atoms with E-state index >= 15 is 0 Å². The van der Waals surface area contributed by atoms with E-state index in [0.29, 0.717) is 24.3 Å². The molecule has 1 saturated heterocycles. The lowest BCUT2D eigenvalue weighted by molar-refractivity contribution is -0.131. The van der Waals surface area contributed by atoms with Gasteiger partial charge in [-0.05, 0) is 18.6 Å². The molecule has 142 valence electrons. The standard InChI is InChI=1S/C19H18F2N2O4/c1-23-16(4-6-18(23)24)19(25)22-15-10-13(3-5-17(15)26-2)27-14-8-11(20)7-12(21)9-14/h3,5,7-10,16H,4,6H2,1-2H3,(H,22,25). The number of benzene rings is 2. The van der Waals surface area contributed by atoms with Gasteiger partial charge in [-0.2, -0.15) is 0 Å². The summed E-state index contributed by atoms with van der Waals surface area (Å²) in [6.07, 6.45) is 0.752. The lowest BCUT2D eigenvalue weighted by Gasteiger charge is -2.20. The molecule has 27 heavy (non-hydrogen) atoms. The van der Waals surface area contributed by atoms with Crippen LogP contribution >= 0.6 is 0 Å². The van der Waals surface area contributed by atoms with Crippen molar-refractivity contribution >= 4 is 17.5 Å². The zero-order valence-electron chi connectivity index (χ0n) is 14.8. The van der Waals surface area contributed by atoms with Crippen LogP contribution in [0.4, 0.5) is 14.5 Å². The third-order valence-electron chi connectivity index (χ3n) is 4.30. The Morgan fingerprint density at radius 1 is 1.15 bits per heavy atom. The highest BCUT2D eigenvalue weighted by atomic mass is 19.1. The van der Waals surface area contributed by atoms with Gasteiger partial charge in [0.25, 0.3) is 0 Å². The molecule has 1 N–H and O–H groups in total. The fraction of sp³-hybridized carbons (Fsp3) is 0.263. The summed E-state index contributed by atoms with van der Waals surface area (Å²) in [6, 6.07) is 6.86. The number of nitrogens with zero attached hydrogens (tertiary/aromatic N) is 1. The highest BCUT2D eigenvalue weighted by molar-refractivity contribution is 5.99. The van der Waals surface area contributed by atoms with Gasteiger partial charge in [0.1, 0.15) is 34.9 Å². The summed E-state index contributed by atoms with van der Waals surface area (Å²) < 4.78 is 37.3. The Kier molecular flexibility index (Phi) is 5.25. The molecule has 1 aliphatic rings. The lowest BCUT2D eigenvalue weighted by atomic mass is 10.2. The van der Waals surface area contributed by atoms with Gasteiger partial charge in [0.05, 0.1) is 12.8 Å². The van der Waals surface area contributed by atoms with Crippen LogP contribution in [0.5, 0.6) is 17.2 Å². The van der Waals surface area contributed by atoms with Crippen molar-refractivity contribution in [2.24, 2.45) is 0 Å². The molecule has 0 saturated carbocycles. The number of carbonyl (C=O) groups is 2. The molecule has 0 aromatic heterocycles. The molecule has 8 heteroatoms. The minimum atomic E-state index is -0.763. The Hall–Kier alpha value is -3.16. The van der Waals surface area contributed by atoms with Crippen LogP contribution in [0.15, 0.2) is 36.4 Å². The molecule has 1 atom stereocenters. The second-order valence-corrected chi connectivity index (χ2v) is 6.12. The second-order valence-electron chi connectivity index (χ2n) is 6.12. The number of rotatable bonds is 5. The summed E-state index contributed by atoms with van der Waals surface area (Å²) in [4.78, 5) is 25.5. The number of carbonyl (C=O) groups excluding carboxylic acids is 2. The first kappa shape index (κ1) is 18.6. The summed E-state index contributed by atoms with van der Waals surface area (Å²) in [5, 5.41) is 2.72. The number of nitrogens with one attached hydrogen (secondary N) is 1. The van der Waals surface area contributed by atoms with Gasteiger partial charge in [-0.15, -0.1) is 0 Å². The minimum Gasteiger partial charge on any atom is -0.495 e. The van der Waals surface area contributed by atoms with E-state index in [0.717, 1.165) is 18.2 Å². The molecule has 1 unspecified atom stereocenters. The second kappa shape index (κ2) is 7.61. The Morgan fingerprint density at radius 3 is 2.44 bits per heavy atom. The fourth-order valence-corrected chi connectivity index (χ4v) is 2.90. The zero-order chi connectivity index (χ0) is 19.6. The third-order valence-corrected chi connectivity index (χ3v) is 4.30. The van der Waals surface area contributed by atoms with Gasteiger partial charge < -0.3 is 19.7 Å². The molecule has 1 fully saturated rings. The monoisotopic (exact) mass is 376 g/mol. The van der Waals surface area contributed by atoms with E-state index in [1.807, 2.05) is 0 Å². The SMILES string of the molecule is COc1ccc(Oc2cc(F)cc(F)c2)cc1NC(=O)C1CCC(=O)N1C. The molecule has 6 nitrogen and oxygen atoms in total. The third kappa shape index (κ3) is 4.16. The number of hydrogen-bond acceptors (Lipinski definition) is 4. The van der Waals surface area contributed by atoms with E-state index < -0.39 is 17.7 Å². The van der Waals surface area contributed by atoms with Gasteiger partial charge in [0.2, 0.25) is 11.8 Å². The topological polar surface area (TPSA) is 67.9 Å². The fourth-order valence-electron chi connectivity index (χ4n) is 2.90. The predicted molar refractivity (Wildman–Crippen MR) is 93.8 cm³/mol. The van der Waals surface area contributed by atoms with Crippen molar-refractivity contribution in [1.29, 1.82) is 0 Å². The maximum Gasteiger partial charge on any atom is 0.247 e. The molecule has 2 aromatic rings. The quantitative estimate of drug-likeness (QED) is 0.869. The maximum absolute atomic E-state index is 13.3. The summed E-state index contributed by atoms with van der Waals surface area (Å²) in [5.41, 5.74) is 0.324. The molecule has 3 rings (SSSR count). The Balaban J connectivity index is 1.81. The van der Waals surface area contributed by atoms with Crippen LogP contribution in [0.25, 0.3) is 0 Å². The highest BCUT2D eigenvalue weighted by Crippen LogP contribution is 2.32. The molecule has 2 aromatic carbocycles. The van der Waals surface area contributed by atoms with Gasteiger partial charge in [0.15, 0.2) is 0 Å². The smallest absolute Gasteiger partial charge is 0.247 e. The first-order valence-corrected chi connectivity index (χ1v) is 8.26. The first-order chi connectivity index (χ1) is 12.9. The number of hydrogen-bond donors (Lipinski definition) is 1. The minimum absolute atomic E-state index is 0.0175. The van der Waals surface area contributed by atoms with E-state index in [-0.39, 0.29) is 23.3 Å². The average molecular weight is 376 g/mol. The van der Waals surface area contributed by atoms with E-state index in [4.69, 9.17) is 9.47 Å².